The van der Waals surface area contributed by atoms with E-state index < -0.39 is 17.7 Å². The molecule has 4 rings (SSSR count). The number of ether oxygens (including phenoxy) is 1. The first kappa shape index (κ1) is 22.1. The van der Waals surface area contributed by atoms with Gasteiger partial charge in [0.2, 0.25) is 0 Å². The minimum absolute atomic E-state index is 0.0254. The Labute approximate surface area is 195 Å². The van der Waals surface area contributed by atoms with E-state index >= 15 is 0 Å². The van der Waals surface area contributed by atoms with Crippen LogP contribution in [0.5, 0.6) is 5.75 Å². The van der Waals surface area contributed by atoms with Crippen molar-refractivity contribution < 1.29 is 19.4 Å². The highest BCUT2D eigenvalue weighted by Gasteiger charge is 2.47. The molecule has 32 heavy (non-hydrogen) atoms. The lowest BCUT2D eigenvalue weighted by Gasteiger charge is -2.25. The van der Waals surface area contributed by atoms with Gasteiger partial charge >= 0.3 is 0 Å². The number of anilines is 1. The topological polar surface area (TPSA) is 66.8 Å². The molecule has 0 saturated carbocycles. The molecule has 2 aromatic carbocycles. The maximum absolute atomic E-state index is 13.3. The van der Waals surface area contributed by atoms with Crippen molar-refractivity contribution in [1.82, 2.24) is 0 Å². The van der Waals surface area contributed by atoms with Gasteiger partial charge in [0, 0.05) is 15.6 Å². The third kappa shape index (κ3) is 3.59. The molecule has 1 N–H and O–H groups in total. The maximum Gasteiger partial charge on any atom is 0.300 e. The third-order valence-corrected chi connectivity index (χ3v) is 6.90. The molecule has 0 radical (unpaired) electrons. The summed E-state index contributed by atoms with van der Waals surface area (Å²) in [6.45, 7) is 5.63. The number of aliphatic hydroxyl groups excluding tert-OH is 1. The predicted octanol–water partition coefficient (Wildman–Crippen LogP) is 5.96. The summed E-state index contributed by atoms with van der Waals surface area (Å²) in [6.07, 6.45) is 0. The quantitative estimate of drug-likeness (QED) is 0.292. The Balaban J connectivity index is 1.99. The molecule has 164 valence electrons. The van der Waals surface area contributed by atoms with E-state index in [1.165, 1.54) is 23.3 Å². The first-order valence-electron chi connectivity index (χ1n) is 10.0. The Morgan fingerprint density at radius 3 is 2.47 bits per heavy atom. The lowest BCUT2D eigenvalue weighted by Crippen LogP contribution is -2.29. The van der Waals surface area contributed by atoms with Crippen molar-refractivity contribution in [2.24, 2.45) is 0 Å². The number of halogens is 1. The summed E-state index contributed by atoms with van der Waals surface area (Å²) in [5.74, 6) is -1.26. The summed E-state index contributed by atoms with van der Waals surface area (Å²) in [7, 11) is 1.51. The number of hydrogen-bond donors (Lipinski definition) is 1. The fourth-order valence-corrected chi connectivity index (χ4v) is 5.09. The molecule has 1 saturated heterocycles. The second-order valence-corrected chi connectivity index (χ2v) is 9.17. The van der Waals surface area contributed by atoms with Crippen LogP contribution < -0.4 is 9.64 Å². The van der Waals surface area contributed by atoms with Crippen LogP contribution in [0.4, 0.5) is 5.69 Å². The highest BCUT2D eigenvalue weighted by atomic mass is 35.5. The Hall–Kier alpha value is -3.09. The maximum atomic E-state index is 13.3. The van der Waals surface area contributed by atoms with Gasteiger partial charge in [-0.15, -0.1) is 11.3 Å². The van der Waals surface area contributed by atoms with Gasteiger partial charge in [0.05, 0.1) is 18.2 Å². The molecule has 3 aromatic rings. The molecule has 1 fully saturated rings. The van der Waals surface area contributed by atoms with Crippen LogP contribution in [0.2, 0.25) is 5.02 Å². The SMILES string of the molecule is COc1c(C)cc(C)cc1/C(O)=C1/C(=O)C(=O)N(c2ccc(C)c(Cl)c2)C1c1cccs1. The molecule has 7 heteroatoms. The monoisotopic (exact) mass is 467 g/mol. The van der Waals surface area contributed by atoms with Gasteiger partial charge in [-0.05, 0) is 67.1 Å². The number of nitrogens with zero attached hydrogens (tertiary/aromatic N) is 1. The molecule has 1 atom stereocenters. The smallest absolute Gasteiger partial charge is 0.300 e. The van der Waals surface area contributed by atoms with Gasteiger partial charge in [0.15, 0.2) is 0 Å². The van der Waals surface area contributed by atoms with Crippen LogP contribution in [0.15, 0.2) is 53.4 Å². The van der Waals surface area contributed by atoms with Crippen molar-refractivity contribution in [3.8, 4) is 5.75 Å². The molecule has 0 aliphatic carbocycles. The van der Waals surface area contributed by atoms with Gasteiger partial charge < -0.3 is 9.84 Å². The summed E-state index contributed by atoms with van der Waals surface area (Å²) < 4.78 is 5.52. The highest BCUT2D eigenvalue weighted by Crippen LogP contribution is 2.45. The number of benzene rings is 2. The average Bonchev–Trinajstić information content (AvgIpc) is 3.36. The van der Waals surface area contributed by atoms with E-state index in [2.05, 4.69) is 0 Å². The summed E-state index contributed by atoms with van der Waals surface area (Å²) in [6, 6.07) is 11.8. The minimum Gasteiger partial charge on any atom is -0.507 e. The van der Waals surface area contributed by atoms with E-state index in [4.69, 9.17) is 16.3 Å². The Morgan fingerprint density at radius 1 is 1.09 bits per heavy atom. The largest absolute Gasteiger partial charge is 0.507 e. The Bertz CT molecular complexity index is 1260. The molecular weight excluding hydrogens is 446 g/mol. The van der Waals surface area contributed by atoms with E-state index in [1.807, 2.05) is 44.4 Å². The van der Waals surface area contributed by atoms with Crippen LogP contribution in [-0.4, -0.2) is 23.9 Å². The normalized spacial score (nSPS) is 17.8. The summed E-state index contributed by atoms with van der Waals surface area (Å²) in [4.78, 5) is 28.6. The Kier molecular flexibility index (Phi) is 5.84. The van der Waals surface area contributed by atoms with Gasteiger partial charge in [-0.1, -0.05) is 29.8 Å². The third-order valence-electron chi connectivity index (χ3n) is 5.57. The van der Waals surface area contributed by atoms with Crippen molar-refractivity contribution in [1.29, 1.82) is 0 Å². The lowest BCUT2D eigenvalue weighted by molar-refractivity contribution is -0.132. The van der Waals surface area contributed by atoms with Crippen LogP contribution in [0.3, 0.4) is 0 Å². The first-order valence-corrected chi connectivity index (χ1v) is 11.3. The second kappa shape index (κ2) is 8.45. The average molecular weight is 468 g/mol. The number of aliphatic hydroxyl groups is 1. The van der Waals surface area contributed by atoms with Crippen LogP contribution in [0.1, 0.15) is 33.2 Å². The highest BCUT2D eigenvalue weighted by molar-refractivity contribution is 7.10. The zero-order valence-electron chi connectivity index (χ0n) is 18.1. The van der Waals surface area contributed by atoms with Crippen molar-refractivity contribution in [3.63, 3.8) is 0 Å². The number of rotatable bonds is 4. The molecule has 1 aromatic heterocycles. The zero-order valence-corrected chi connectivity index (χ0v) is 19.7. The van der Waals surface area contributed by atoms with Crippen molar-refractivity contribution in [2.75, 3.05) is 12.0 Å². The van der Waals surface area contributed by atoms with Crippen molar-refractivity contribution in [2.45, 2.75) is 26.8 Å². The fraction of sp³-hybridized carbons (Fsp3) is 0.200. The van der Waals surface area contributed by atoms with Gasteiger partial charge in [-0.3, -0.25) is 14.5 Å². The fourth-order valence-electron chi connectivity index (χ4n) is 4.09. The van der Waals surface area contributed by atoms with Crippen LogP contribution in [-0.2, 0) is 9.59 Å². The van der Waals surface area contributed by atoms with Gasteiger partial charge in [-0.2, -0.15) is 0 Å². The molecular formula is C25H22ClNO4S. The van der Waals surface area contributed by atoms with Crippen molar-refractivity contribution in [3.05, 3.63) is 85.6 Å². The Morgan fingerprint density at radius 2 is 1.84 bits per heavy atom. The van der Waals surface area contributed by atoms with Gasteiger partial charge in [0.25, 0.3) is 11.7 Å². The van der Waals surface area contributed by atoms with Crippen molar-refractivity contribution >= 4 is 46.1 Å². The zero-order chi connectivity index (χ0) is 23.2. The van der Waals surface area contributed by atoms with Gasteiger partial charge in [-0.25, -0.2) is 0 Å². The van der Waals surface area contributed by atoms with Gasteiger partial charge in [0.1, 0.15) is 17.6 Å². The molecule has 1 amide bonds. The van der Waals surface area contributed by atoms with E-state index in [-0.39, 0.29) is 11.3 Å². The number of carbonyl (C=O) groups excluding carboxylic acids is 2. The van der Waals surface area contributed by atoms with E-state index in [1.54, 1.807) is 24.3 Å². The molecule has 1 unspecified atom stereocenters. The standard InChI is InChI=1S/C25H22ClNO4S/c1-13-10-15(3)24(31-4)17(11-13)22(28)20-21(19-6-5-9-32-19)27(25(30)23(20)29)16-8-7-14(2)18(26)12-16/h5-12,21,28H,1-4H3/b22-20-. The van der Waals surface area contributed by atoms with Crippen LogP contribution in [0.25, 0.3) is 5.76 Å². The predicted molar refractivity (Wildman–Crippen MR) is 128 cm³/mol. The number of aryl methyl sites for hydroxylation is 3. The van der Waals surface area contributed by atoms with E-state index in [0.717, 1.165) is 21.6 Å². The number of methoxy groups -OCH3 is 1. The molecule has 1 aliphatic rings. The molecule has 5 nitrogen and oxygen atoms in total. The minimum atomic E-state index is -0.778. The van der Waals surface area contributed by atoms with Crippen LogP contribution in [0, 0.1) is 20.8 Å². The molecule has 1 aliphatic heterocycles. The number of ketones is 1. The molecule has 2 heterocycles. The number of Topliss-reactive ketones (excluding diaryl/α,β-unsaturated/α-hetero) is 1. The first-order chi connectivity index (χ1) is 15.2. The number of carbonyl (C=O) groups is 2. The van der Waals surface area contributed by atoms with E-state index in [0.29, 0.717) is 22.0 Å². The summed E-state index contributed by atoms with van der Waals surface area (Å²) >= 11 is 7.73. The summed E-state index contributed by atoms with van der Waals surface area (Å²) in [5, 5.41) is 13.7. The molecule has 0 bridgehead atoms. The molecule has 0 spiro atoms. The number of thiophene rings is 1. The lowest BCUT2D eigenvalue weighted by atomic mass is 9.96. The summed E-state index contributed by atoms with van der Waals surface area (Å²) in [5.41, 5.74) is 3.48. The number of amides is 1. The second-order valence-electron chi connectivity index (χ2n) is 7.78. The number of hydrogen-bond acceptors (Lipinski definition) is 5. The van der Waals surface area contributed by atoms with Crippen LogP contribution >= 0.6 is 22.9 Å². The van der Waals surface area contributed by atoms with E-state index in [9.17, 15) is 14.7 Å².